The molecular weight excluding hydrogens is 273 g/mol. The number of rotatable bonds is 3. The van der Waals surface area contributed by atoms with Gasteiger partial charge in [-0.05, 0) is 30.9 Å². The Morgan fingerprint density at radius 1 is 1.45 bits per heavy atom. The second-order valence-electron chi connectivity index (χ2n) is 4.93. The first kappa shape index (κ1) is 14.6. The first-order chi connectivity index (χ1) is 9.36. The summed E-state index contributed by atoms with van der Waals surface area (Å²) in [6.45, 7) is 1.03. The molecule has 0 aliphatic carbocycles. The smallest absolute Gasteiger partial charge is 0.433 e. The molecule has 0 saturated carbocycles. The zero-order valence-electron chi connectivity index (χ0n) is 10.7. The summed E-state index contributed by atoms with van der Waals surface area (Å²) in [4.78, 5) is 16.1. The standard InChI is InChI=1S/C13H15F3N2O2/c14-13(15,16)10-4-1-5-11(17-10)18-6-2-3-9(8-18)7-12(19)20/h1,4-5,9H,2-3,6-8H2,(H,19,20). The molecule has 1 aromatic heterocycles. The van der Waals surface area contributed by atoms with E-state index >= 15 is 0 Å². The third-order valence-electron chi connectivity index (χ3n) is 3.33. The van der Waals surface area contributed by atoms with Crippen molar-refractivity contribution in [3.63, 3.8) is 0 Å². The molecule has 1 unspecified atom stereocenters. The van der Waals surface area contributed by atoms with Crippen LogP contribution >= 0.6 is 0 Å². The molecule has 1 aliphatic rings. The quantitative estimate of drug-likeness (QED) is 0.929. The van der Waals surface area contributed by atoms with Crippen LogP contribution in [0, 0.1) is 5.92 Å². The van der Waals surface area contributed by atoms with Crippen LogP contribution in [0.3, 0.4) is 0 Å². The van der Waals surface area contributed by atoms with E-state index in [0.29, 0.717) is 13.1 Å². The molecule has 1 fully saturated rings. The van der Waals surface area contributed by atoms with Crippen molar-refractivity contribution in [1.82, 2.24) is 4.98 Å². The highest BCUT2D eigenvalue weighted by Gasteiger charge is 2.33. The van der Waals surface area contributed by atoms with Gasteiger partial charge in [-0.2, -0.15) is 13.2 Å². The summed E-state index contributed by atoms with van der Waals surface area (Å²) in [6, 6.07) is 3.78. The average Bonchev–Trinajstić information content (AvgIpc) is 2.37. The highest BCUT2D eigenvalue weighted by molar-refractivity contribution is 5.67. The Hall–Kier alpha value is -1.79. The second-order valence-corrected chi connectivity index (χ2v) is 4.93. The van der Waals surface area contributed by atoms with Gasteiger partial charge in [0.05, 0.1) is 0 Å². The van der Waals surface area contributed by atoms with Crippen LogP contribution in [0.15, 0.2) is 18.2 Å². The average molecular weight is 288 g/mol. The molecule has 1 N–H and O–H groups in total. The molecule has 2 heterocycles. The molecule has 2 rings (SSSR count). The lowest BCUT2D eigenvalue weighted by Gasteiger charge is -2.33. The predicted molar refractivity (Wildman–Crippen MR) is 66.4 cm³/mol. The molecule has 1 atom stereocenters. The Bertz CT molecular complexity index is 491. The lowest BCUT2D eigenvalue weighted by atomic mass is 9.95. The van der Waals surface area contributed by atoms with Gasteiger partial charge in [-0.15, -0.1) is 0 Å². The van der Waals surface area contributed by atoms with Gasteiger partial charge < -0.3 is 10.0 Å². The van der Waals surface area contributed by atoms with Crippen LogP contribution in [0.1, 0.15) is 25.0 Å². The fraction of sp³-hybridized carbons (Fsp3) is 0.538. The number of hydrogen-bond donors (Lipinski definition) is 1. The molecule has 7 heteroatoms. The Morgan fingerprint density at radius 2 is 2.20 bits per heavy atom. The highest BCUT2D eigenvalue weighted by Crippen LogP contribution is 2.30. The first-order valence-corrected chi connectivity index (χ1v) is 6.37. The number of hydrogen-bond acceptors (Lipinski definition) is 3. The number of alkyl halides is 3. The molecule has 0 radical (unpaired) electrons. The predicted octanol–water partition coefficient (Wildman–Crippen LogP) is 2.79. The zero-order valence-corrected chi connectivity index (χ0v) is 10.7. The molecular formula is C13H15F3N2O2. The van der Waals surface area contributed by atoms with Crippen molar-refractivity contribution >= 4 is 11.8 Å². The summed E-state index contributed by atoms with van der Waals surface area (Å²) in [5.74, 6) is -0.665. The Kier molecular flexibility index (Phi) is 4.15. The Balaban J connectivity index is 2.13. The van der Waals surface area contributed by atoms with Crippen LogP contribution in [0.25, 0.3) is 0 Å². The summed E-state index contributed by atoms with van der Waals surface area (Å²) in [5, 5.41) is 8.79. The lowest BCUT2D eigenvalue weighted by Crippen LogP contribution is -2.37. The third-order valence-corrected chi connectivity index (χ3v) is 3.33. The maximum atomic E-state index is 12.6. The van der Waals surface area contributed by atoms with E-state index in [1.54, 1.807) is 4.90 Å². The van der Waals surface area contributed by atoms with Crippen LogP contribution in [-0.4, -0.2) is 29.1 Å². The normalized spacial score (nSPS) is 19.9. The van der Waals surface area contributed by atoms with Gasteiger partial charge in [0.1, 0.15) is 11.5 Å². The number of nitrogens with zero attached hydrogens (tertiary/aromatic N) is 2. The van der Waals surface area contributed by atoms with Crippen LogP contribution in [0.5, 0.6) is 0 Å². The SMILES string of the molecule is O=C(O)CC1CCCN(c2cccc(C(F)(F)F)n2)C1. The van der Waals surface area contributed by atoms with Crippen molar-refractivity contribution in [2.75, 3.05) is 18.0 Å². The number of pyridine rings is 1. The van der Waals surface area contributed by atoms with Gasteiger partial charge in [0.15, 0.2) is 0 Å². The van der Waals surface area contributed by atoms with Crippen LogP contribution in [0.4, 0.5) is 19.0 Å². The number of aliphatic carboxylic acids is 1. The molecule has 0 amide bonds. The Morgan fingerprint density at radius 3 is 2.85 bits per heavy atom. The number of carbonyl (C=O) groups is 1. The van der Waals surface area contributed by atoms with Gasteiger partial charge in [-0.3, -0.25) is 4.79 Å². The van der Waals surface area contributed by atoms with Gasteiger partial charge >= 0.3 is 12.1 Å². The number of piperidine rings is 1. The van der Waals surface area contributed by atoms with Crippen molar-refractivity contribution in [2.24, 2.45) is 5.92 Å². The van der Waals surface area contributed by atoms with Crippen LogP contribution in [-0.2, 0) is 11.0 Å². The molecule has 1 aromatic rings. The second kappa shape index (κ2) is 5.68. The molecule has 1 aliphatic heterocycles. The first-order valence-electron chi connectivity index (χ1n) is 6.37. The number of carboxylic acid groups (broad SMARTS) is 1. The zero-order chi connectivity index (χ0) is 14.8. The van der Waals surface area contributed by atoms with E-state index in [-0.39, 0.29) is 18.2 Å². The number of halogens is 3. The summed E-state index contributed by atoms with van der Waals surface area (Å²) in [6.07, 6.45) is -2.89. The van der Waals surface area contributed by atoms with E-state index in [1.807, 2.05) is 0 Å². The van der Waals surface area contributed by atoms with Gasteiger partial charge in [0, 0.05) is 19.5 Å². The molecule has 1 saturated heterocycles. The molecule has 20 heavy (non-hydrogen) atoms. The van der Waals surface area contributed by atoms with E-state index in [9.17, 15) is 18.0 Å². The minimum atomic E-state index is -4.47. The van der Waals surface area contributed by atoms with E-state index in [2.05, 4.69) is 4.98 Å². The van der Waals surface area contributed by atoms with Crippen LogP contribution in [0.2, 0.25) is 0 Å². The summed E-state index contributed by atoms with van der Waals surface area (Å²) in [5.41, 5.74) is -0.921. The van der Waals surface area contributed by atoms with Crippen molar-refractivity contribution < 1.29 is 23.1 Å². The highest BCUT2D eigenvalue weighted by atomic mass is 19.4. The fourth-order valence-electron chi connectivity index (χ4n) is 2.44. The van der Waals surface area contributed by atoms with Crippen molar-refractivity contribution in [2.45, 2.75) is 25.4 Å². The summed E-state index contributed by atoms with van der Waals surface area (Å²) < 4.78 is 37.9. The molecule has 110 valence electrons. The summed E-state index contributed by atoms with van der Waals surface area (Å²) >= 11 is 0. The molecule has 4 nitrogen and oxygen atoms in total. The van der Waals surface area contributed by atoms with E-state index in [4.69, 9.17) is 5.11 Å². The van der Waals surface area contributed by atoms with Gasteiger partial charge in [-0.1, -0.05) is 6.07 Å². The van der Waals surface area contributed by atoms with E-state index in [0.717, 1.165) is 18.9 Å². The van der Waals surface area contributed by atoms with Gasteiger partial charge in [0.2, 0.25) is 0 Å². The molecule has 0 aromatic carbocycles. The number of anilines is 1. The largest absolute Gasteiger partial charge is 0.481 e. The van der Waals surface area contributed by atoms with E-state index in [1.165, 1.54) is 12.1 Å². The third kappa shape index (κ3) is 3.61. The molecule has 0 bridgehead atoms. The fourth-order valence-corrected chi connectivity index (χ4v) is 2.44. The van der Waals surface area contributed by atoms with Gasteiger partial charge in [0.25, 0.3) is 0 Å². The summed E-state index contributed by atoms with van der Waals surface area (Å²) in [7, 11) is 0. The maximum absolute atomic E-state index is 12.6. The minimum absolute atomic E-state index is 0.0372. The minimum Gasteiger partial charge on any atom is -0.481 e. The Labute approximate surface area is 114 Å². The van der Waals surface area contributed by atoms with Crippen molar-refractivity contribution in [3.8, 4) is 0 Å². The monoisotopic (exact) mass is 288 g/mol. The van der Waals surface area contributed by atoms with Gasteiger partial charge in [-0.25, -0.2) is 4.98 Å². The van der Waals surface area contributed by atoms with Crippen molar-refractivity contribution in [3.05, 3.63) is 23.9 Å². The van der Waals surface area contributed by atoms with Crippen LogP contribution < -0.4 is 4.90 Å². The molecule has 0 spiro atoms. The number of carboxylic acids is 1. The van der Waals surface area contributed by atoms with E-state index < -0.39 is 17.8 Å². The maximum Gasteiger partial charge on any atom is 0.433 e. The number of aromatic nitrogens is 1. The topological polar surface area (TPSA) is 53.4 Å². The van der Waals surface area contributed by atoms with Crippen molar-refractivity contribution in [1.29, 1.82) is 0 Å². The lowest BCUT2D eigenvalue weighted by molar-refractivity contribution is -0.141.